The zero-order valence-electron chi connectivity index (χ0n) is 11.4. The molecular formula is C14H19BrN2O2S. The molecule has 2 saturated carbocycles. The molecule has 0 atom stereocenters. The standard InChI is InChI=1S/C14H19BrN2O2S/c1-14(6-7-14)17-20(18,19)13-5-2-10(8-12(13)15)9-16-11-3-4-11/h2,5,8,11,16-17H,3-4,6-7,9H2,1H3. The summed E-state index contributed by atoms with van der Waals surface area (Å²) < 4.78 is 28.1. The van der Waals surface area contributed by atoms with Crippen LogP contribution < -0.4 is 10.0 Å². The van der Waals surface area contributed by atoms with E-state index in [1.165, 1.54) is 12.8 Å². The van der Waals surface area contributed by atoms with Gasteiger partial charge in [-0.2, -0.15) is 0 Å². The molecule has 0 aromatic heterocycles. The average molecular weight is 359 g/mol. The lowest BCUT2D eigenvalue weighted by Gasteiger charge is -2.14. The lowest BCUT2D eigenvalue weighted by molar-refractivity contribution is 0.557. The average Bonchev–Trinajstić information content (AvgIpc) is 3.24. The van der Waals surface area contributed by atoms with Gasteiger partial charge < -0.3 is 5.32 Å². The van der Waals surface area contributed by atoms with Crippen molar-refractivity contribution in [2.75, 3.05) is 0 Å². The summed E-state index contributed by atoms with van der Waals surface area (Å²) >= 11 is 3.39. The molecule has 0 spiro atoms. The van der Waals surface area contributed by atoms with Gasteiger partial charge in [-0.05, 0) is 66.2 Å². The van der Waals surface area contributed by atoms with E-state index in [9.17, 15) is 8.42 Å². The van der Waals surface area contributed by atoms with Gasteiger partial charge in [-0.25, -0.2) is 13.1 Å². The van der Waals surface area contributed by atoms with E-state index in [0.29, 0.717) is 15.4 Å². The molecule has 0 unspecified atom stereocenters. The predicted octanol–water partition coefficient (Wildman–Crippen LogP) is 2.53. The highest BCUT2D eigenvalue weighted by Gasteiger charge is 2.41. The minimum absolute atomic E-state index is 0.246. The summed E-state index contributed by atoms with van der Waals surface area (Å²) in [6, 6.07) is 6.10. The van der Waals surface area contributed by atoms with Crippen LogP contribution in [0.5, 0.6) is 0 Å². The fraction of sp³-hybridized carbons (Fsp3) is 0.571. The number of hydrogen-bond donors (Lipinski definition) is 2. The van der Waals surface area contributed by atoms with Crippen molar-refractivity contribution in [1.29, 1.82) is 0 Å². The molecule has 0 amide bonds. The fourth-order valence-corrected chi connectivity index (χ4v) is 4.68. The Morgan fingerprint density at radius 1 is 1.35 bits per heavy atom. The minimum atomic E-state index is -3.44. The van der Waals surface area contributed by atoms with Crippen LogP contribution in [0, 0.1) is 0 Å². The maximum atomic E-state index is 12.3. The summed E-state index contributed by atoms with van der Waals surface area (Å²) in [4.78, 5) is 0.320. The van der Waals surface area contributed by atoms with Crippen molar-refractivity contribution < 1.29 is 8.42 Å². The van der Waals surface area contributed by atoms with Gasteiger partial charge >= 0.3 is 0 Å². The van der Waals surface area contributed by atoms with Gasteiger partial charge in [0.15, 0.2) is 0 Å². The largest absolute Gasteiger partial charge is 0.310 e. The van der Waals surface area contributed by atoms with Crippen LogP contribution in [0.1, 0.15) is 38.2 Å². The van der Waals surface area contributed by atoms with Gasteiger partial charge in [0.25, 0.3) is 0 Å². The summed E-state index contributed by atoms with van der Waals surface area (Å²) in [6.45, 7) is 2.72. The molecule has 110 valence electrons. The Hall–Kier alpha value is -0.430. The number of sulfonamides is 1. The topological polar surface area (TPSA) is 58.2 Å². The van der Waals surface area contributed by atoms with Crippen molar-refractivity contribution in [3.63, 3.8) is 0 Å². The van der Waals surface area contributed by atoms with Crippen LogP contribution in [0.25, 0.3) is 0 Å². The van der Waals surface area contributed by atoms with E-state index in [4.69, 9.17) is 0 Å². The Balaban J connectivity index is 1.75. The van der Waals surface area contributed by atoms with Crippen LogP contribution >= 0.6 is 15.9 Å². The number of rotatable bonds is 6. The van der Waals surface area contributed by atoms with Gasteiger partial charge in [-0.1, -0.05) is 6.07 Å². The molecule has 0 heterocycles. The quantitative estimate of drug-likeness (QED) is 0.821. The highest BCUT2D eigenvalue weighted by molar-refractivity contribution is 9.10. The van der Waals surface area contributed by atoms with E-state index in [-0.39, 0.29) is 5.54 Å². The molecule has 2 N–H and O–H groups in total. The molecule has 6 heteroatoms. The smallest absolute Gasteiger partial charge is 0.242 e. The van der Waals surface area contributed by atoms with E-state index in [2.05, 4.69) is 26.0 Å². The molecular weight excluding hydrogens is 340 g/mol. The second kappa shape index (κ2) is 5.09. The number of hydrogen-bond acceptors (Lipinski definition) is 3. The van der Waals surface area contributed by atoms with Gasteiger partial charge in [0.05, 0.1) is 4.90 Å². The fourth-order valence-electron chi connectivity index (χ4n) is 2.09. The third kappa shape index (κ3) is 3.42. The highest BCUT2D eigenvalue weighted by Crippen LogP contribution is 2.36. The van der Waals surface area contributed by atoms with Gasteiger partial charge in [-0.15, -0.1) is 0 Å². The lowest BCUT2D eigenvalue weighted by Crippen LogP contribution is -2.34. The van der Waals surface area contributed by atoms with Gasteiger partial charge in [-0.3, -0.25) is 0 Å². The molecule has 2 fully saturated rings. The Bertz CT molecular complexity index is 622. The van der Waals surface area contributed by atoms with Gasteiger partial charge in [0, 0.05) is 22.6 Å². The zero-order valence-corrected chi connectivity index (χ0v) is 13.9. The minimum Gasteiger partial charge on any atom is -0.310 e. The Morgan fingerprint density at radius 3 is 2.60 bits per heavy atom. The molecule has 2 aliphatic rings. The Labute approximate surface area is 128 Å². The van der Waals surface area contributed by atoms with Crippen molar-refractivity contribution in [1.82, 2.24) is 10.0 Å². The first kappa shape index (κ1) is 14.5. The molecule has 4 nitrogen and oxygen atoms in total. The number of nitrogens with one attached hydrogen (secondary N) is 2. The van der Waals surface area contributed by atoms with Crippen molar-refractivity contribution in [3.8, 4) is 0 Å². The van der Waals surface area contributed by atoms with Crippen LogP contribution in [0.4, 0.5) is 0 Å². The van der Waals surface area contributed by atoms with E-state index < -0.39 is 10.0 Å². The second-order valence-corrected chi connectivity index (χ2v) is 8.59. The molecule has 0 saturated heterocycles. The van der Waals surface area contributed by atoms with Crippen molar-refractivity contribution >= 4 is 26.0 Å². The molecule has 2 aliphatic carbocycles. The third-order valence-electron chi connectivity index (χ3n) is 3.84. The van der Waals surface area contributed by atoms with Crippen molar-refractivity contribution in [3.05, 3.63) is 28.2 Å². The summed E-state index contributed by atoms with van der Waals surface area (Å²) in [5.74, 6) is 0. The molecule has 1 aromatic rings. The van der Waals surface area contributed by atoms with Gasteiger partial charge in [0.2, 0.25) is 10.0 Å². The predicted molar refractivity (Wildman–Crippen MR) is 82.0 cm³/mol. The van der Waals surface area contributed by atoms with Crippen LogP contribution in [0.3, 0.4) is 0 Å². The van der Waals surface area contributed by atoms with Crippen LogP contribution in [0.15, 0.2) is 27.6 Å². The maximum absolute atomic E-state index is 12.3. The Kier molecular flexibility index (Phi) is 3.69. The highest BCUT2D eigenvalue weighted by atomic mass is 79.9. The first-order chi connectivity index (χ1) is 9.38. The first-order valence-corrected chi connectivity index (χ1v) is 9.21. The van der Waals surface area contributed by atoms with E-state index >= 15 is 0 Å². The monoisotopic (exact) mass is 358 g/mol. The Morgan fingerprint density at radius 2 is 2.05 bits per heavy atom. The first-order valence-electron chi connectivity index (χ1n) is 6.94. The normalized spacial score (nSPS) is 20.9. The van der Waals surface area contributed by atoms with Crippen LogP contribution in [0.2, 0.25) is 0 Å². The van der Waals surface area contributed by atoms with E-state index in [1.54, 1.807) is 6.07 Å². The van der Waals surface area contributed by atoms with Gasteiger partial charge in [0.1, 0.15) is 0 Å². The number of halogens is 1. The summed E-state index contributed by atoms with van der Waals surface area (Å²) in [7, 11) is -3.44. The summed E-state index contributed by atoms with van der Waals surface area (Å²) in [5.41, 5.74) is 0.852. The molecule has 3 rings (SSSR count). The molecule has 0 bridgehead atoms. The zero-order chi connectivity index (χ0) is 14.4. The number of benzene rings is 1. The summed E-state index contributed by atoms with van der Waals surface area (Å²) in [6.07, 6.45) is 4.31. The molecule has 0 aliphatic heterocycles. The molecule has 20 heavy (non-hydrogen) atoms. The summed E-state index contributed by atoms with van der Waals surface area (Å²) in [5, 5.41) is 3.42. The second-order valence-electron chi connectivity index (χ2n) is 6.09. The lowest BCUT2D eigenvalue weighted by atomic mass is 10.2. The van der Waals surface area contributed by atoms with E-state index in [1.807, 2.05) is 19.1 Å². The van der Waals surface area contributed by atoms with Crippen LogP contribution in [-0.2, 0) is 16.6 Å². The SMILES string of the molecule is CC1(NS(=O)(=O)c2ccc(CNC3CC3)cc2Br)CC1. The maximum Gasteiger partial charge on any atom is 0.242 e. The van der Waals surface area contributed by atoms with E-state index in [0.717, 1.165) is 24.9 Å². The molecule has 0 radical (unpaired) electrons. The third-order valence-corrected chi connectivity index (χ3v) is 6.45. The van der Waals surface area contributed by atoms with Crippen LogP contribution in [-0.4, -0.2) is 20.0 Å². The van der Waals surface area contributed by atoms with Crippen molar-refractivity contribution in [2.24, 2.45) is 0 Å². The molecule has 1 aromatic carbocycles. The van der Waals surface area contributed by atoms with Crippen molar-refractivity contribution in [2.45, 2.75) is 55.6 Å².